The molecule has 3 nitrogen and oxygen atoms in total. The highest BCUT2D eigenvalue weighted by molar-refractivity contribution is 7.99. The third kappa shape index (κ3) is 2.42. The zero-order valence-corrected chi connectivity index (χ0v) is 13.3. The van der Waals surface area contributed by atoms with E-state index in [1.165, 1.54) is 48.6 Å². The number of fused-ring (bicyclic) bond motifs is 1. The maximum atomic E-state index is 6.19. The van der Waals surface area contributed by atoms with Gasteiger partial charge < -0.3 is 15.4 Å². The Morgan fingerprint density at radius 3 is 3.19 bits per heavy atom. The third-order valence-electron chi connectivity index (χ3n) is 5.30. The van der Waals surface area contributed by atoms with E-state index in [1.54, 1.807) is 0 Å². The molecular weight excluding hydrogens is 280 g/mol. The van der Waals surface area contributed by atoms with E-state index in [4.69, 9.17) is 10.5 Å². The second-order valence-corrected chi connectivity index (χ2v) is 7.73. The molecule has 2 saturated heterocycles. The number of nitrogens with zero attached hydrogens (tertiary/aromatic N) is 1. The van der Waals surface area contributed by atoms with Gasteiger partial charge in [0.05, 0.1) is 5.60 Å². The summed E-state index contributed by atoms with van der Waals surface area (Å²) in [7, 11) is 0. The number of hydrogen-bond acceptors (Lipinski definition) is 4. The van der Waals surface area contributed by atoms with Crippen molar-refractivity contribution in [2.75, 3.05) is 35.3 Å². The van der Waals surface area contributed by atoms with Crippen LogP contribution in [0.25, 0.3) is 0 Å². The van der Waals surface area contributed by atoms with Crippen molar-refractivity contribution >= 4 is 23.1 Å². The lowest BCUT2D eigenvalue weighted by Crippen LogP contribution is -2.50. The fourth-order valence-corrected chi connectivity index (χ4v) is 5.57. The first kappa shape index (κ1) is 13.8. The van der Waals surface area contributed by atoms with Gasteiger partial charge in [-0.2, -0.15) is 11.8 Å². The second-order valence-electron chi connectivity index (χ2n) is 6.62. The van der Waals surface area contributed by atoms with Crippen molar-refractivity contribution < 1.29 is 4.74 Å². The molecule has 2 fully saturated rings. The third-order valence-corrected chi connectivity index (χ3v) is 6.52. The lowest BCUT2D eigenvalue weighted by atomic mass is 9.87. The lowest BCUT2D eigenvalue weighted by molar-refractivity contribution is -0.0664. The number of ether oxygens (including phenoxy) is 1. The average Bonchev–Trinajstić information content (AvgIpc) is 2.95. The Hall–Kier alpha value is -0.870. The van der Waals surface area contributed by atoms with Gasteiger partial charge in [0.25, 0.3) is 0 Å². The van der Waals surface area contributed by atoms with E-state index < -0.39 is 0 Å². The molecule has 0 aliphatic carbocycles. The average molecular weight is 304 g/mol. The highest BCUT2D eigenvalue weighted by Gasteiger charge is 2.42. The van der Waals surface area contributed by atoms with Gasteiger partial charge in [0.15, 0.2) is 0 Å². The molecule has 1 aromatic carbocycles. The van der Waals surface area contributed by atoms with Gasteiger partial charge in [-0.3, -0.25) is 0 Å². The standard InChI is InChI=1S/C17H24N2OS/c18-15-4-1-5-16-14(15)3-2-8-19(16)13-6-9-20-17(11-13)7-10-21-12-17/h1,4-5,13H,2-3,6-12,18H2. The van der Waals surface area contributed by atoms with E-state index in [2.05, 4.69) is 28.8 Å². The van der Waals surface area contributed by atoms with Crippen molar-refractivity contribution in [3.05, 3.63) is 23.8 Å². The van der Waals surface area contributed by atoms with Gasteiger partial charge in [-0.05, 0) is 55.6 Å². The summed E-state index contributed by atoms with van der Waals surface area (Å²) in [4.78, 5) is 2.63. The number of benzene rings is 1. The van der Waals surface area contributed by atoms with E-state index in [-0.39, 0.29) is 5.60 Å². The molecule has 0 saturated carbocycles. The van der Waals surface area contributed by atoms with Crippen LogP contribution in [0, 0.1) is 0 Å². The van der Waals surface area contributed by atoms with Gasteiger partial charge in [0, 0.05) is 36.3 Å². The van der Waals surface area contributed by atoms with Gasteiger partial charge in [-0.1, -0.05) is 6.07 Å². The molecule has 3 heterocycles. The van der Waals surface area contributed by atoms with E-state index in [0.717, 1.165) is 25.1 Å². The Kier molecular flexibility index (Phi) is 3.54. The molecule has 2 atom stereocenters. The number of thioether (sulfide) groups is 1. The first-order valence-electron chi connectivity index (χ1n) is 8.13. The van der Waals surface area contributed by atoms with E-state index in [0.29, 0.717) is 6.04 Å². The topological polar surface area (TPSA) is 38.5 Å². The van der Waals surface area contributed by atoms with Crippen molar-refractivity contribution in [1.29, 1.82) is 0 Å². The molecule has 3 aliphatic heterocycles. The molecule has 1 aromatic rings. The molecule has 114 valence electrons. The predicted octanol–water partition coefficient (Wildman–Crippen LogP) is 3.08. The minimum absolute atomic E-state index is 0.158. The Bertz CT molecular complexity index is 528. The minimum Gasteiger partial charge on any atom is -0.398 e. The highest BCUT2D eigenvalue weighted by Crippen LogP contribution is 2.42. The van der Waals surface area contributed by atoms with Crippen LogP contribution in [0.15, 0.2) is 18.2 Å². The molecule has 0 amide bonds. The maximum Gasteiger partial charge on any atom is 0.0799 e. The molecule has 0 bridgehead atoms. The van der Waals surface area contributed by atoms with Crippen LogP contribution in [0.2, 0.25) is 0 Å². The Morgan fingerprint density at radius 2 is 2.33 bits per heavy atom. The summed E-state index contributed by atoms with van der Waals surface area (Å²) < 4.78 is 6.19. The summed E-state index contributed by atoms with van der Waals surface area (Å²) in [6, 6.07) is 7.03. The minimum atomic E-state index is 0.158. The number of nitrogen functional groups attached to an aromatic ring is 1. The summed E-state index contributed by atoms with van der Waals surface area (Å²) >= 11 is 2.05. The number of rotatable bonds is 1. The predicted molar refractivity (Wildman–Crippen MR) is 90.2 cm³/mol. The Balaban J connectivity index is 1.61. The van der Waals surface area contributed by atoms with Crippen LogP contribution in [0.3, 0.4) is 0 Å². The van der Waals surface area contributed by atoms with E-state index in [9.17, 15) is 0 Å². The van der Waals surface area contributed by atoms with Crippen molar-refractivity contribution in [3.8, 4) is 0 Å². The quantitative estimate of drug-likeness (QED) is 0.809. The van der Waals surface area contributed by atoms with Crippen LogP contribution in [-0.2, 0) is 11.2 Å². The smallest absolute Gasteiger partial charge is 0.0799 e. The Labute approximate surface area is 131 Å². The van der Waals surface area contributed by atoms with Gasteiger partial charge in [0.1, 0.15) is 0 Å². The molecule has 4 rings (SSSR count). The molecule has 21 heavy (non-hydrogen) atoms. The molecule has 1 spiro atoms. The number of anilines is 2. The molecule has 0 aromatic heterocycles. The first-order valence-corrected chi connectivity index (χ1v) is 9.29. The molecule has 3 aliphatic rings. The van der Waals surface area contributed by atoms with Gasteiger partial charge in [-0.25, -0.2) is 0 Å². The maximum absolute atomic E-state index is 6.19. The normalized spacial score (nSPS) is 32.4. The number of nitrogens with two attached hydrogens (primary N) is 1. The van der Waals surface area contributed by atoms with Crippen LogP contribution in [0.5, 0.6) is 0 Å². The Morgan fingerprint density at radius 1 is 1.38 bits per heavy atom. The van der Waals surface area contributed by atoms with Crippen LogP contribution in [0.4, 0.5) is 11.4 Å². The second kappa shape index (κ2) is 5.40. The summed E-state index contributed by atoms with van der Waals surface area (Å²) in [6.45, 7) is 2.09. The molecule has 4 heteroatoms. The summed E-state index contributed by atoms with van der Waals surface area (Å²) in [5, 5.41) is 0. The molecular formula is C17H24N2OS. The van der Waals surface area contributed by atoms with Crippen LogP contribution in [-0.4, -0.2) is 36.3 Å². The monoisotopic (exact) mass is 304 g/mol. The fraction of sp³-hybridized carbons (Fsp3) is 0.647. The fourth-order valence-electron chi connectivity index (χ4n) is 4.19. The zero-order valence-electron chi connectivity index (χ0n) is 12.5. The summed E-state index contributed by atoms with van der Waals surface area (Å²) in [6.07, 6.45) is 5.92. The van der Waals surface area contributed by atoms with Crippen molar-refractivity contribution in [2.24, 2.45) is 0 Å². The largest absolute Gasteiger partial charge is 0.398 e. The lowest BCUT2D eigenvalue weighted by Gasteiger charge is -2.45. The van der Waals surface area contributed by atoms with E-state index >= 15 is 0 Å². The summed E-state index contributed by atoms with van der Waals surface area (Å²) in [5.74, 6) is 2.44. The molecule has 2 unspecified atom stereocenters. The summed E-state index contributed by atoms with van der Waals surface area (Å²) in [5.41, 5.74) is 10.1. The van der Waals surface area contributed by atoms with Crippen LogP contribution >= 0.6 is 11.8 Å². The molecule has 2 N–H and O–H groups in total. The highest BCUT2D eigenvalue weighted by atomic mass is 32.2. The zero-order chi connectivity index (χ0) is 14.3. The van der Waals surface area contributed by atoms with E-state index in [1.807, 2.05) is 6.07 Å². The first-order chi connectivity index (χ1) is 10.3. The van der Waals surface area contributed by atoms with Crippen molar-refractivity contribution in [3.63, 3.8) is 0 Å². The van der Waals surface area contributed by atoms with Crippen LogP contribution in [0.1, 0.15) is 31.2 Å². The SMILES string of the molecule is Nc1cccc2c1CCCN2C1CCOC2(CCSC2)C1. The molecule has 0 radical (unpaired) electrons. The van der Waals surface area contributed by atoms with Crippen molar-refractivity contribution in [1.82, 2.24) is 0 Å². The van der Waals surface area contributed by atoms with Crippen LogP contribution < -0.4 is 10.6 Å². The van der Waals surface area contributed by atoms with Gasteiger partial charge in [0.2, 0.25) is 0 Å². The number of hydrogen-bond donors (Lipinski definition) is 1. The van der Waals surface area contributed by atoms with Gasteiger partial charge >= 0.3 is 0 Å². The van der Waals surface area contributed by atoms with Crippen molar-refractivity contribution in [2.45, 2.75) is 43.7 Å². The van der Waals surface area contributed by atoms with Gasteiger partial charge in [-0.15, -0.1) is 0 Å².